The molecule has 7 heteroatoms. The van der Waals surface area contributed by atoms with E-state index in [-0.39, 0.29) is 0 Å². The molecule has 0 bridgehead atoms. The summed E-state index contributed by atoms with van der Waals surface area (Å²) in [6.07, 6.45) is 1.18. The Morgan fingerprint density at radius 3 is 2.79 bits per heavy atom. The lowest BCUT2D eigenvalue weighted by molar-refractivity contribution is 0.131. The van der Waals surface area contributed by atoms with Gasteiger partial charge in [-0.25, -0.2) is 4.39 Å². The molecule has 0 saturated carbocycles. The Balaban J connectivity index is 3.14. The summed E-state index contributed by atoms with van der Waals surface area (Å²) in [5, 5.41) is 0. The molecule has 1 heterocycles. The van der Waals surface area contributed by atoms with Crippen molar-refractivity contribution in [2.45, 2.75) is 5.85 Å². The Bertz CT molecular complexity index is 366. The SMILES string of the molecule is COC(c1ncc[c]c1F)P(=O)(O)O. The first-order valence-corrected chi connectivity index (χ1v) is 5.25. The van der Waals surface area contributed by atoms with Crippen molar-refractivity contribution < 1.29 is 23.5 Å². The standard InChI is InChI=1S/C7H8FNO4P/c1-13-7(14(10,11)12)6-5(8)3-2-4-9-6/h2,4,7H,1H3,(H2,10,11,12). The maximum Gasteiger partial charge on any atom is 0.360 e. The van der Waals surface area contributed by atoms with E-state index < -0.39 is 25.0 Å². The van der Waals surface area contributed by atoms with Gasteiger partial charge in [0.2, 0.25) is 5.85 Å². The number of hydrogen-bond acceptors (Lipinski definition) is 3. The smallest absolute Gasteiger partial charge is 0.360 e. The van der Waals surface area contributed by atoms with Crippen molar-refractivity contribution in [3.63, 3.8) is 0 Å². The van der Waals surface area contributed by atoms with Gasteiger partial charge in [0.1, 0.15) is 5.69 Å². The molecule has 1 radical (unpaired) electrons. The van der Waals surface area contributed by atoms with Crippen molar-refractivity contribution in [3.05, 3.63) is 29.8 Å². The molecule has 77 valence electrons. The van der Waals surface area contributed by atoms with Crippen LogP contribution in [0.1, 0.15) is 11.5 Å². The lowest BCUT2D eigenvalue weighted by atomic mass is 10.3. The average Bonchev–Trinajstić information content (AvgIpc) is 2.07. The Kier molecular flexibility index (Phi) is 3.34. The van der Waals surface area contributed by atoms with Crippen molar-refractivity contribution in [1.82, 2.24) is 4.98 Å². The fourth-order valence-electron chi connectivity index (χ4n) is 0.939. The molecule has 1 unspecified atom stereocenters. The summed E-state index contributed by atoms with van der Waals surface area (Å²) < 4.78 is 28.4. The van der Waals surface area contributed by atoms with Crippen LogP contribution >= 0.6 is 7.60 Å². The molecule has 1 aromatic heterocycles. The van der Waals surface area contributed by atoms with Gasteiger partial charge in [0.25, 0.3) is 0 Å². The van der Waals surface area contributed by atoms with Crippen LogP contribution in [0.2, 0.25) is 0 Å². The Hall–Kier alpha value is -0.810. The number of nitrogens with zero attached hydrogens (tertiary/aromatic N) is 1. The van der Waals surface area contributed by atoms with Crippen molar-refractivity contribution in [2.24, 2.45) is 0 Å². The van der Waals surface area contributed by atoms with Gasteiger partial charge in [0, 0.05) is 19.4 Å². The van der Waals surface area contributed by atoms with E-state index in [2.05, 4.69) is 15.8 Å². The molecule has 0 aromatic carbocycles. The van der Waals surface area contributed by atoms with E-state index in [1.165, 1.54) is 12.3 Å². The zero-order valence-corrected chi connectivity index (χ0v) is 8.11. The average molecular weight is 220 g/mol. The minimum absolute atomic E-state index is 0.441. The van der Waals surface area contributed by atoms with Crippen LogP contribution < -0.4 is 0 Å². The van der Waals surface area contributed by atoms with Gasteiger partial charge in [-0.05, 0) is 6.07 Å². The number of pyridine rings is 1. The lowest BCUT2D eigenvalue weighted by Crippen LogP contribution is -2.07. The van der Waals surface area contributed by atoms with Crippen LogP contribution in [-0.2, 0) is 9.30 Å². The van der Waals surface area contributed by atoms with Gasteiger partial charge < -0.3 is 14.5 Å². The molecule has 0 aliphatic rings. The number of hydrogen-bond donors (Lipinski definition) is 2. The van der Waals surface area contributed by atoms with Crippen LogP contribution in [0, 0.1) is 11.9 Å². The Morgan fingerprint density at radius 1 is 1.71 bits per heavy atom. The van der Waals surface area contributed by atoms with Crippen LogP contribution in [0.15, 0.2) is 12.3 Å². The Morgan fingerprint density at radius 2 is 2.36 bits per heavy atom. The third-order valence-corrected chi connectivity index (χ3v) is 2.55. The molecule has 2 N–H and O–H groups in total. The van der Waals surface area contributed by atoms with E-state index in [1.54, 1.807) is 0 Å². The summed E-state index contributed by atoms with van der Waals surface area (Å²) in [6, 6.07) is 3.33. The van der Waals surface area contributed by atoms with Crippen LogP contribution in [0.4, 0.5) is 4.39 Å². The topological polar surface area (TPSA) is 79.7 Å². The van der Waals surface area contributed by atoms with Crippen molar-refractivity contribution in [2.75, 3.05) is 7.11 Å². The highest BCUT2D eigenvalue weighted by Gasteiger charge is 2.33. The minimum atomic E-state index is -4.57. The fraction of sp³-hybridized carbons (Fsp3) is 0.286. The lowest BCUT2D eigenvalue weighted by Gasteiger charge is -2.15. The Labute approximate surface area is 79.7 Å². The molecule has 14 heavy (non-hydrogen) atoms. The molecular formula is C7H8FNO4P. The first kappa shape index (κ1) is 11.3. The number of aromatic nitrogens is 1. The van der Waals surface area contributed by atoms with Crippen LogP contribution in [-0.4, -0.2) is 21.9 Å². The maximum atomic E-state index is 13.0. The minimum Gasteiger partial charge on any atom is -0.363 e. The number of halogens is 1. The first-order valence-electron chi connectivity index (χ1n) is 3.57. The van der Waals surface area contributed by atoms with E-state index in [0.29, 0.717) is 0 Å². The summed E-state index contributed by atoms with van der Waals surface area (Å²) in [7, 11) is -3.50. The molecule has 1 rings (SSSR count). The van der Waals surface area contributed by atoms with Crippen molar-refractivity contribution >= 4 is 7.60 Å². The highest BCUT2D eigenvalue weighted by molar-refractivity contribution is 7.51. The third-order valence-electron chi connectivity index (χ3n) is 1.49. The third kappa shape index (κ3) is 2.36. The van der Waals surface area contributed by atoms with Gasteiger partial charge in [0.05, 0.1) is 0 Å². The van der Waals surface area contributed by atoms with Crippen LogP contribution in [0.3, 0.4) is 0 Å². The predicted octanol–water partition coefficient (Wildman–Crippen LogP) is 0.844. The normalized spacial score (nSPS) is 14.0. The highest BCUT2D eigenvalue weighted by Crippen LogP contribution is 2.51. The second-order valence-electron chi connectivity index (χ2n) is 2.47. The molecule has 1 aromatic rings. The van der Waals surface area contributed by atoms with Crippen molar-refractivity contribution in [1.29, 1.82) is 0 Å². The first-order chi connectivity index (χ1) is 6.46. The number of rotatable bonds is 3. The van der Waals surface area contributed by atoms with E-state index >= 15 is 0 Å². The molecule has 0 aliphatic heterocycles. The van der Waals surface area contributed by atoms with Gasteiger partial charge in [-0.1, -0.05) is 0 Å². The maximum absolute atomic E-state index is 13.0. The summed E-state index contributed by atoms with van der Waals surface area (Å²) >= 11 is 0. The van der Waals surface area contributed by atoms with Gasteiger partial charge in [0.15, 0.2) is 5.82 Å². The van der Waals surface area contributed by atoms with Gasteiger partial charge in [-0.3, -0.25) is 9.55 Å². The second-order valence-corrected chi connectivity index (χ2v) is 4.11. The van der Waals surface area contributed by atoms with E-state index in [0.717, 1.165) is 7.11 Å². The summed E-state index contributed by atoms with van der Waals surface area (Å²) in [4.78, 5) is 21.1. The predicted molar refractivity (Wildman–Crippen MR) is 44.8 cm³/mol. The zero-order chi connectivity index (χ0) is 10.8. The number of ether oxygens (including phenoxy) is 1. The number of methoxy groups -OCH3 is 1. The highest BCUT2D eigenvalue weighted by atomic mass is 31.2. The molecule has 5 nitrogen and oxygen atoms in total. The van der Waals surface area contributed by atoms with Gasteiger partial charge in [-0.2, -0.15) is 0 Å². The van der Waals surface area contributed by atoms with E-state index in [9.17, 15) is 8.96 Å². The van der Waals surface area contributed by atoms with Gasteiger partial charge >= 0.3 is 7.60 Å². The second kappa shape index (κ2) is 4.14. The largest absolute Gasteiger partial charge is 0.363 e. The summed E-state index contributed by atoms with van der Waals surface area (Å²) in [6.45, 7) is 0. The molecule has 0 saturated heterocycles. The van der Waals surface area contributed by atoms with Crippen LogP contribution in [0.5, 0.6) is 0 Å². The molecule has 0 aliphatic carbocycles. The molecular weight excluding hydrogens is 212 g/mol. The van der Waals surface area contributed by atoms with Gasteiger partial charge in [-0.15, -0.1) is 0 Å². The summed E-state index contributed by atoms with van der Waals surface area (Å²) in [5.41, 5.74) is -0.441. The molecule has 0 amide bonds. The molecule has 1 atom stereocenters. The monoisotopic (exact) mass is 220 g/mol. The van der Waals surface area contributed by atoms with Crippen molar-refractivity contribution in [3.8, 4) is 0 Å². The zero-order valence-electron chi connectivity index (χ0n) is 7.22. The van der Waals surface area contributed by atoms with E-state index in [4.69, 9.17) is 9.79 Å². The van der Waals surface area contributed by atoms with Crippen LogP contribution in [0.25, 0.3) is 0 Å². The quantitative estimate of drug-likeness (QED) is 0.738. The molecule has 0 spiro atoms. The van der Waals surface area contributed by atoms with E-state index in [1.807, 2.05) is 0 Å². The fourth-order valence-corrected chi connectivity index (χ4v) is 1.71. The summed E-state index contributed by atoms with van der Waals surface area (Å²) in [5.74, 6) is -2.61. The molecule has 0 fully saturated rings.